The lowest BCUT2D eigenvalue weighted by Gasteiger charge is -2.35. The Bertz CT molecular complexity index is 853. The van der Waals surface area contributed by atoms with E-state index in [9.17, 15) is 15.0 Å². The number of aromatic nitrogens is 1. The van der Waals surface area contributed by atoms with Crippen molar-refractivity contribution in [1.29, 1.82) is 0 Å². The van der Waals surface area contributed by atoms with Gasteiger partial charge in [-0.05, 0) is 26.8 Å². The molecule has 2 heterocycles. The number of hydrogen-bond acceptors (Lipinski definition) is 3. The molecule has 1 aliphatic heterocycles. The lowest BCUT2D eigenvalue weighted by Crippen LogP contribution is -3.28. The zero-order chi connectivity index (χ0) is 20.3. The average Bonchev–Trinajstić information content (AvgIpc) is 2.67. The Labute approximate surface area is 166 Å². The molecule has 6 heteroatoms. The highest BCUT2D eigenvalue weighted by molar-refractivity contribution is 5.40. The number of piperazine rings is 1. The second kappa shape index (κ2) is 8.90. The predicted octanol–water partition coefficient (Wildman–Crippen LogP) is -0.944. The number of rotatable bonds is 6. The summed E-state index contributed by atoms with van der Waals surface area (Å²) in [4.78, 5) is 16.0. The number of nitrogens with zero attached hydrogens (tertiary/aromatic N) is 1. The molecule has 1 atom stereocenters. The maximum Gasteiger partial charge on any atom is 0.264 e. The Balaban J connectivity index is 2.06. The minimum Gasteiger partial charge on any atom is -0.507 e. The minimum atomic E-state index is -0.192. The van der Waals surface area contributed by atoms with Crippen LogP contribution in [0.5, 0.6) is 5.75 Å². The maximum atomic E-state index is 13.3. The van der Waals surface area contributed by atoms with Gasteiger partial charge in [-0.15, -0.1) is 0 Å². The molecule has 0 unspecified atom stereocenters. The highest BCUT2D eigenvalue weighted by atomic mass is 16.3. The summed E-state index contributed by atoms with van der Waals surface area (Å²) in [6, 6.07) is 9.82. The monoisotopic (exact) mass is 387 g/mol. The Morgan fingerprint density at radius 1 is 1.11 bits per heavy atom. The van der Waals surface area contributed by atoms with Crippen LogP contribution in [0.4, 0.5) is 0 Å². The molecule has 28 heavy (non-hydrogen) atoms. The third-order valence-corrected chi connectivity index (χ3v) is 6.01. The van der Waals surface area contributed by atoms with E-state index in [1.807, 2.05) is 13.8 Å². The van der Waals surface area contributed by atoms with Gasteiger partial charge in [-0.1, -0.05) is 29.8 Å². The van der Waals surface area contributed by atoms with Gasteiger partial charge in [0.15, 0.2) is 0 Å². The summed E-state index contributed by atoms with van der Waals surface area (Å²) >= 11 is 0. The van der Waals surface area contributed by atoms with Gasteiger partial charge in [0.05, 0.1) is 6.61 Å². The molecule has 1 aliphatic rings. The zero-order valence-corrected chi connectivity index (χ0v) is 17.2. The number of hydrogen-bond donors (Lipinski definition) is 4. The molecule has 4 N–H and O–H groups in total. The number of quaternary nitrogens is 2. The highest BCUT2D eigenvalue weighted by Crippen LogP contribution is 2.25. The van der Waals surface area contributed by atoms with Gasteiger partial charge in [-0.2, -0.15) is 0 Å². The van der Waals surface area contributed by atoms with Crippen LogP contribution in [0, 0.1) is 13.8 Å². The van der Waals surface area contributed by atoms with E-state index in [-0.39, 0.29) is 24.0 Å². The number of nitrogens with one attached hydrogen (secondary N) is 2. The second-order valence-corrected chi connectivity index (χ2v) is 7.86. The smallest absolute Gasteiger partial charge is 0.264 e. The SMILES string of the molecule is CCn1c(C)cc(O)c([C@@H](c2ccc(C)cc2)[NH+]2CC[NH+](CCO)CC2)c1=O. The van der Waals surface area contributed by atoms with Crippen LogP contribution < -0.4 is 15.4 Å². The summed E-state index contributed by atoms with van der Waals surface area (Å²) in [5.74, 6) is 0.0930. The normalized spacial score (nSPS) is 20.9. The molecule has 0 saturated carbocycles. The Kier molecular flexibility index (Phi) is 6.54. The molecule has 0 amide bonds. The van der Waals surface area contributed by atoms with Crippen molar-refractivity contribution >= 4 is 0 Å². The van der Waals surface area contributed by atoms with Crippen molar-refractivity contribution in [3.8, 4) is 5.75 Å². The molecule has 6 nitrogen and oxygen atoms in total. The van der Waals surface area contributed by atoms with E-state index in [1.165, 1.54) is 15.4 Å². The van der Waals surface area contributed by atoms with Gasteiger partial charge in [-0.3, -0.25) is 4.79 Å². The van der Waals surface area contributed by atoms with Crippen LogP contribution in [-0.2, 0) is 6.54 Å². The minimum absolute atomic E-state index is 0.0930. The van der Waals surface area contributed by atoms with Crippen LogP contribution in [0.3, 0.4) is 0 Å². The van der Waals surface area contributed by atoms with Crippen LogP contribution in [0.1, 0.15) is 35.3 Å². The van der Waals surface area contributed by atoms with E-state index >= 15 is 0 Å². The fourth-order valence-electron chi connectivity index (χ4n) is 4.42. The summed E-state index contributed by atoms with van der Waals surface area (Å²) < 4.78 is 1.74. The van der Waals surface area contributed by atoms with Crippen LogP contribution >= 0.6 is 0 Å². The topological polar surface area (TPSA) is 71.3 Å². The zero-order valence-electron chi connectivity index (χ0n) is 17.2. The van der Waals surface area contributed by atoms with Crippen molar-refractivity contribution in [3.05, 3.63) is 63.1 Å². The first-order valence-corrected chi connectivity index (χ1v) is 10.2. The van der Waals surface area contributed by atoms with E-state index in [2.05, 4.69) is 31.2 Å². The van der Waals surface area contributed by atoms with Crippen molar-refractivity contribution in [2.24, 2.45) is 0 Å². The van der Waals surface area contributed by atoms with Gasteiger partial charge in [0, 0.05) is 17.8 Å². The number of aryl methyl sites for hydroxylation is 2. The first-order chi connectivity index (χ1) is 13.5. The highest BCUT2D eigenvalue weighted by Gasteiger charge is 2.35. The van der Waals surface area contributed by atoms with Crippen molar-refractivity contribution in [3.63, 3.8) is 0 Å². The average molecular weight is 388 g/mol. The summed E-state index contributed by atoms with van der Waals surface area (Å²) in [7, 11) is 0. The summed E-state index contributed by atoms with van der Waals surface area (Å²) in [6.45, 7) is 11.1. The number of aliphatic hydroxyl groups is 1. The van der Waals surface area contributed by atoms with E-state index in [1.54, 1.807) is 10.6 Å². The van der Waals surface area contributed by atoms with Crippen molar-refractivity contribution < 1.29 is 20.0 Å². The molecule has 0 radical (unpaired) electrons. The molecule has 2 aromatic rings. The van der Waals surface area contributed by atoms with Crippen LogP contribution in [-0.4, -0.2) is 54.1 Å². The number of benzene rings is 1. The lowest BCUT2D eigenvalue weighted by molar-refractivity contribution is -1.02. The standard InChI is InChI=1S/C22H31N3O3/c1-4-25-17(3)15-19(27)20(22(25)28)21(18-7-5-16(2)6-8-18)24-11-9-23(10-12-24)13-14-26/h5-8,15,21,26-27H,4,9-14H2,1-3H3/p+2/t21-/m1/s1. The second-order valence-electron chi connectivity index (χ2n) is 7.86. The molecule has 0 aliphatic carbocycles. The van der Waals surface area contributed by atoms with Crippen LogP contribution in [0.15, 0.2) is 35.1 Å². The van der Waals surface area contributed by atoms with E-state index in [0.717, 1.165) is 44.0 Å². The lowest BCUT2D eigenvalue weighted by atomic mass is 9.95. The van der Waals surface area contributed by atoms with Crippen molar-refractivity contribution in [1.82, 2.24) is 4.57 Å². The van der Waals surface area contributed by atoms with E-state index in [0.29, 0.717) is 12.1 Å². The number of aliphatic hydroxyl groups excluding tert-OH is 1. The molecule has 0 bridgehead atoms. The third-order valence-electron chi connectivity index (χ3n) is 6.01. The Morgan fingerprint density at radius 3 is 2.32 bits per heavy atom. The molecule has 152 valence electrons. The fraction of sp³-hybridized carbons (Fsp3) is 0.500. The fourth-order valence-corrected chi connectivity index (χ4v) is 4.42. The predicted molar refractivity (Wildman–Crippen MR) is 109 cm³/mol. The van der Waals surface area contributed by atoms with Crippen LogP contribution in [0.25, 0.3) is 0 Å². The van der Waals surface area contributed by atoms with E-state index in [4.69, 9.17) is 0 Å². The molecular weight excluding hydrogens is 354 g/mol. The van der Waals surface area contributed by atoms with Crippen LogP contribution in [0.2, 0.25) is 0 Å². The molecule has 0 spiro atoms. The summed E-state index contributed by atoms with van der Waals surface area (Å²) in [5, 5.41) is 20.0. The third kappa shape index (κ3) is 4.14. The van der Waals surface area contributed by atoms with Crippen molar-refractivity contribution in [2.45, 2.75) is 33.4 Å². The first kappa shape index (κ1) is 20.6. The van der Waals surface area contributed by atoms with Gasteiger partial charge in [0.25, 0.3) is 5.56 Å². The molecule has 1 aromatic carbocycles. The number of pyridine rings is 1. The number of aromatic hydroxyl groups is 1. The van der Waals surface area contributed by atoms with Gasteiger partial charge >= 0.3 is 0 Å². The Morgan fingerprint density at radius 2 is 1.75 bits per heavy atom. The van der Waals surface area contributed by atoms with Gasteiger partial charge < -0.3 is 24.6 Å². The van der Waals surface area contributed by atoms with Gasteiger partial charge in [-0.25, -0.2) is 0 Å². The molecule has 1 fully saturated rings. The molecule has 1 saturated heterocycles. The molecule has 3 rings (SSSR count). The molecular formula is C22H33N3O3+2. The quantitative estimate of drug-likeness (QED) is 0.517. The first-order valence-electron chi connectivity index (χ1n) is 10.2. The maximum absolute atomic E-state index is 13.3. The largest absolute Gasteiger partial charge is 0.507 e. The van der Waals surface area contributed by atoms with Gasteiger partial charge in [0.1, 0.15) is 50.1 Å². The molecule has 1 aromatic heterocycles. The summed E-state index contributed by atoms with van der Waals surface area (Å²) in [5.41, 5.74) is 3.42. The summed E-state index contributed by atoms with van der Waals surface area (Å²) in [6.07, 6.45) is 0. The Hall–Kier alpha value is -2.15. The van der Waals surface area contributed by atoms with Gasteiger partial charge in [0.2, 0.25) is 0 Å². The van der Waals surface area contributed by atoms with E-state index < -0.39 is 0 Å². The van der Waals surface area contributed by atoms with Crippen molar-refractivity contribution in [2.75, 3.05) is 39.3 Å².